The van der Waals surface area contributed by atoms with Crippen LogP contribution in [0.15, 0.2) is 6.20 Å². The number of aromatic carboxylic acids is 1. The number of rotatable bonds is 7. The molecule has 24 heavy (non-hydrogen) atoms. The van der Waals surface area contributed by atoms with Crippen LogP contribution in [0.25, 0.3) is 0 Å². The summed E-state index contributed by atoms with van der Waals surface area (Å²) in [6.07, 6.45) is 5.36. The van der Waals surface area contributed by atoms with E-state index in [1.54, 1.807) is 18.7 Å². The molecule has 1 aliphatic rings. The molecule has 6 nitrogen and oxygen atoms in total. The van der Waals surface area contributed by atoms with Crippen molar-refractivity contribution in [2.24, 2.45) is 0 Å². The number of carboxylic acids is 1. The minimum Gasteiger partial charge on any atom is -0.478 e. The molecule has 1 saturated heterocycles. The number of piperidine rings is 1. The maximum absolute atomic E-state index is 12.5. The normalized spacial score (nSPS) is 17.0. The van der Waals surface area contributed by atoms with E-state index in [0.29, 0.717) is 18.8 Å². The fraction of sp³-hybridized carbons (Fsp3) is 0.706. The molecule has 0 bridgehead atoms. The van der Waals surface area contributed by atoms with Crippen LogP contribution < -0.4 is 0 Å². The molecule has 0 saturated carbocycles. The summed E-state index contributed by atoms with van der Waals surface area (Å²) in [5.74, 6) is 0.312. The van der Waals surface area contributed by atoms with Gasteiger partial charge in [-0.1, -0.05) is 13.3 Å². The monoisotopic (exact) mass is 353 g/mol. The van der Waals surface area contributed by atoms with Gasteiger partial charge < -0.3 is 10.0 Å². The van der Waals surface area contributed by atoms with Crippen LogP contribution in [0.5, 0.6) is 0 Å². The third-order valence-electron chi connectivity index (χ3n) is 4.61. The van der Waals surface area contributed by atoms with Gasteiger partial charge in [0.05, 0.1) is 23.2 Å². The van der Waals surface area contributed by atoms with E-state index in [2.05, 4.69) is 12.0 Å². The van der Waals surface area contributed by atoms with Gasteiger partial charge in [-0.25, -0.2) is 4.79 Å². The van der Waals surface area contributed by atoms with Crippen LogP contribution in [0.4, 0.5) is 0 Å². The van der Waals surface area contributed by atoms with Gasteiger partial charge in [0.25, 0.3) is 0 Å². The number of hydrogen-bond acceptors (Lipinski definition) is 4. The molecule has 0 aromatic carbocycles. The van der Waals surface area contributed by atoms with Crippen molar-refractivity contribution in [3.8, 4) is 0 Å². The first-order valence-electron chi connectivity index (χ1n) is 8.63. The fourth-order valence-corrected chi connectivity index (χ4v) is 4.17. The predicted molar refractivity (Wildman–Crippen MR) is 95.6 cm³/mol. The van der Waals surface area contributed by atoms with Gasteiger partial charge in [-0.2, -0.15) is 5.10 Å². The Hall–Kier alpha value is -1.50. The lowest BCUT2D eigenvalue weighted by molar-refractivity contribution is -0.131. The minimum atomic E-state index is -0.940. The highest BCUT2D eigenvalue weighted by atomic mass is 32.2. The van der Waals surface area contributed by atoms with Gasteiger partial charge in [0.2, 0.25) is 5.91 Å². The van der Waals surface area contributed by atoms with Crippen molar-refractivity contribution < 1.29 is 14.7 Å². The molecule has 0 spiro atoms. The Morgan fingerprint density at radius 1 is 1.42 bits per heavy atom. The Morgan fingerprint density at radius 2 is 2.08 bits per heavy atom. The molecule has 0 radical (unpaired) electrons. The van der Waals surface area contributed by atoms with Gasteiger partial charge in [0.15, 0.2) is 0 Å². The molecule has 1 atom stereocenters. The van der Waals surface area contributed by atoms with E-state index in [4.69, 9.17) is 5.11 Å². The summed E-state index contributed by atoms with van der Waals surface area (Å²) >= 11 is 1.73. The third kappa shape index (κ3) is 4.32. The number of carboxylic acid groups (broad SMARTS) is 1. The molecular weight excluding hydrogens is 326 g/mol. The topological polar surface area (TPSA) is 75.4 Å². The van der Waals surface area contributed by atoms with Crippen molar-refractivity contribution >= 4 is 23.6 Å². The van der Waals surface area contributed by atoms with Crippen LogP contribution in [0, 0.1) is 6.92 Å². The molecule has 1 aromatic heterocycles. The van der Waals surface area contributed by atoms with Crippen molar-refractivity contribution in [3.63, 3.8) is 0 Å². The predicted octanol–water partition coefficient (Wildman–Crippen LogP) is 2.98. The fourth-order valence-electron chi connectivity index (χ4n) is 3.07. The third-order valence-corrected chi connectivity index (χ3v) is 5.84. The summed E-state index contributed by atoms with van der Waals surface area (Å²) in [5.41, 5.74) is 0.949. The maximum Gasteiger partial charge on any atom is 0.339 e. The molecular formula is C17H27N3O3S. The lowest BCUT2D eigenvalue weighted by Crippen LogP contribution is -2.42. The van der Waals surface area contributed by atoms with Gasteiger partial charge in [0, 0.05) is 13.1 Å². The second-order valence-corrected chi connectivity index (χ2v) is 7.77. The van der Waals surface area contributed by atoms with E-state index in [1.807, 2.05) is 16.5 Å². The van der Waals surface area contributed by atoms with Crippen molar-refractivity contribution in [2.75, 3.05) is 18.8 Å². The van der Waals surface area contributed by atoms with Crippen LogP contribution in [0.2, 0.25) is 0 Å². The van der Waals surface area contributed by atoms with Gasteiger partial charge in [-0.15, -0.1) is 11.8 Å². The Labute approximate surface area is 147 Å². The molecule has 2 heterocycles. The standard InChI is InChI=1S/C17H27N3O3S/c1-4-5-10-24-13(3)16(21)19-8-6-14(7-9-19)20-12(2)15(11-18-20)17(22)23/h11,13-14H,4-10H2,1-3H3,(H,22,23). The first-order valence-corrected chi connectivity index (χ1v) is 9.68. The molecule has 2 rings (SSSR count). The summed E-state index contributed by atoms with van der Waals surface area (Å²) in [6.45, 7) is 7.37. The first-order chi connectivity index (χ1) is 11.5. The number of thioether (sulfide) groups is 1. The molecule has 0 aliphatic carbocycles. The smallest absolute Gasteiger partial charge is 0.339 e. The quantitative estimate of drug-likeness (QED) is 0.763. The highest BCUT2D eigenvalue weighted by Crippen LogP contribution is 2.26. The molecule has 1 N–H and O–H groups in total. The second-order valence-electron chi connectivity index (χ2n) is 6.32. The number of amides is 1. The van der Waals surface area contributed by atoms with E-state index in [-0.39, 0.29) is 22.8 Å². The molecule has 1 fully saturated rings. The zero-order chi connectivity index (χ0) is 17.7. The van der Waals surface area contributed by atoms with Crippen LogP contribution in [-0.4, -0.2) is 55.8 Å². The number of aromatic nitrogens is 2. The number of hydrogen-bond donors (Lipinski definition) is 1. The summed E-state index contributed by atoms with van der Waals surface area (Å²) in [6, 6.07) is 0.171. The number of carbonyl (C=O) groups is 2. The Morgan fingerprint density at radius 3 is 2.62 bits per heavy atom. The van der Waals surface area contributed by atoms with Gasteiger partial charge in [-0.05, 0) is 38.9 Å². The van der Waals surface area contributed by atoms with Crippen molar-refractivity contribution in [3.05, 3.63) is 17.5 Å². The Kier molecular flexibility index (Phi) is 6.71. The van der Waals surface area contributed by atoms with Crippen molar-refractivity contribution in [2.45, 2.75) is 57.7 Å². The van der Waals surface area contributed by atoms with E-state index < -0.39 is 5.97 Å². The highest BCUT2D eigenvalue weighted by Gasteiger charge is 2.28. The van der Waals surface area contributed by atoms with Crippen molar-refractivity contribution in [1.82, 2.24) is 14.7 Å². The summed E-state index contributed by atoms with van der Waals surface area (Å²) in [5, 5.41) is 13.4. The Balaban J connectivity index is 1.89. The average molecular weight is 353 g/mol. The lowest BCUT2D eigenvalue weighted by atomic mass is 10.0. The summed E-state index contributed by atoms with van der Waals surface area (Å²) in [7, 11) is 0. The van der Waals surface area contributed by atoms with Crippen LogP contribution in [-0.2, 0) is 4.79 Å². The average Bonchev–Trinajstić information content (AvgIpc) is 2.96. The van der Waals surface area contributed by atoms with E-state index in [0.717, 1.165) is 31.4 Å². The SMILES string of the molecule is CCCCSC(C)C(=O)N1CCC(n2ncc(C(=O)O)c2C)CC1. The van der Waals surface area contributed by atoms with Gasteiger partial charge in [-0.3, -0.25) is 9.48 Å². The molecule has 1 amide bonds. The van der Waals surface area contributed by atoms with E-state index >= 15 is 0 Å². The van der Waals surface area contributed by atoms with E-state index in [1.165, 1.54) is 6.20 Å². The van der Waals surface area contributed by atoms with E-state index in [9.17, 15) is 9.59 Å². The molecule has 1 aliphatic heterocycles. The highest BCUT2D eigenvalue weighted by molar-refractivity contribution is 8.00. The Bertz CT molecular complexity index is 580. The molecule has 1 unspecified atom stereocenters. The first kappa shape index (κ1) is 18.8. The number of carbonyl (C=O) groups excluding carboxylic acids is 1. The minimum absolute atomic E-state index is 0.0122. The maximum atomic E-state index is 12.5. The lowest BCUT2D eigenvalue weighted by Gasteiger charge is -2.34. The second kappa shape index (κ2) is 8.55. The molecule has 1 aromatic rings. The van der Waals surface area contributed by atoms with Gasteiger partial charge in [0.1, 0.15) is 5.56 Å². The molecule has 134 valence electrons. The number of unbranched alkanes of at least 4 members (excludes halogenated alkanes) is 1. The van der Waals surface area contributed by atoms with Crippen LogP contribution in [0.3, 0.4) is 0 Å². The number of likely N-dealkylation sites (tertiary alicyclic amines) is 1. The molecule has 7 heteroatoms. The number of nitrogens with zero attached hydrogens (tertiary/aromatic N) is 3. The summed E-state index contributed by atoms with van der Waals surface area (Å²) < 4.78 is 1.81. The van der Waals surface area contributed by atoms with Gasteiger partial charge >= 0.3 is 5.97 Å². The van der Waals surface area contributed by atoms with Crippen molar-refractivity contribution in [1.29, 1.82) is 0 Å². The van der Waals surface area contributed by atoms with Crippen LogP contribution >= 0.6 is 11.8 Å². The largest absolute Gasteiger partial charge is 0.478 e. The zero-order valence-corrected chi connectivity index (χ0v) is 15.5. The van der Waals surface area contributed by atoms with Crippen LogP contribution in [0.1, 0.15) is 61.6 Å². The zero-order valence-electron chi connectivity index (χ0n) is 14.7. The summed E-state index contributed by atoms with van der Waals surface area (Å²) in [4.78, 5) is 25.6.